The summed E-state index contributed by atoms with van der Waals surface area (Å²) < 4.78 is 8.88. The molecule has 0 bridgehead atoms. The van der Waals surface area contributed by atoms with Gasteiger partial charge in [0.2, 0.25) is 5.95 Å². The molecule has 0 saturated carbocycles. The van der Waals surface area contributed by atoms with E-state index >= 15 is 0 Å². The molecule has 4 nitrogen and oxygen atoms in total. The lowest BCUT2D eigenvalue weighted by Crippen LogP contribution is -2.03. The molecule has 0 saturated heterocycles. The zero-order valence-electron chi connectivity index (χ0n) is 32.1. The molecule has 0 radical (unpaired) electrons. The van der Waals surface area contributed by atoms with Crippen molar-refractivity contribution in [1.29, 1.82) is 0 Å². The van der Waals surface area contributed by atoms with Crippen LogP contribution in [0, 0.1) is 0 Å². The number of hydrogen-bond acceptors (Lipinski definition) is 3. The maximum Gasteiger partial charge on any atom is 0.235 e. The van der Waals surface area contributed by atoms with E-state index in [1.54, 1.807) is 0 Å². The minimum atomic E-state index is 0.644. The summed E-state index contributed by atoms with van der Waals surface area (Å²) in [5, 5.41) is 18.0. The first kappa shape index (κ1) is 31.9. The topological polar surface area (TPSA) is 43.9 Å². The molecule has 0 spiro atoms. The summed E-state index contributed by atoms with van der Waals surface area (Å²) in [5.74, 6) is 0.644. The molecule has 4 heteroatoms. The maximum absolute atomic E-state index is 6.60. The monoisotopic (exact) mass is 761 g/mol. The Morgan fingerprint density at radius 2 is 0.950 bits per heavy atom. The van der Waals surface area contributed by atoms with Crippen LogP contribution in [0.2, 0.25) is 0 Å². The van der Waals surface area contributed by atoms with Gasteiger partial charge in [0.15, 0.2) is 0 Å². The SMILES string of the molecule is c1ccc2cc(-c3ccc(-c4nc(-n5c6ccccc6c6c7cccc8c9cccc%10c%11c(cc(c(cc65)c87)c9%10)oc5ccccc5%11)nc5ccccc45)cc3)ccc2c1. The Morgan fingerprint density at radius 1 is 0.333 bits per heavy atom. The van der Waals surface area contributed by atoms with Crippen LogP contribution >= 0.6 is 0 Å². The smallest absolute Gasteiger partial charge is 0.235 e. The number of hydrogen-bond donors (Lipinski definition) is 0. The van der Waals surface area contributed by atoms with Crippen molar-refractivity contribution >= 4 is 109 Å². The highest BCUT2D eigenvalue weighted by atomic mass is 16.3. The fourth-order valence-corrected chi connectivity index (χ4v) is 10.3. The average molecular weight is 762 g/mol. The van der Waals surface area contributed by atoms with Crippen LogP contribution in [0.5, 0.6) is 0 Å². The Kier molecular flexibility index (Phi) is 6.26. The highest BCUT2D eigenvalue weighted by Crippen LogP contribution is 2.48. The summed E-state index contributed by atoms with van der Waals surface area (Å²) in [5.41, 5.74) is 9.15. The van der Waals surface area contributed by atoms with Crippen LogP contribution in [0.25, 0.3) is 137 Å². The van der Waals surface area contributed by atoms with Crippen LogP contribution in [0.3, 0.4) is 0 Å². The Morgan fingerprint density at radius 3 is 1.78 bits per heavy atom. The normalized spacial score (nSPS) is 12.3. The maximum atomic E-state index is 6.60. The Labute approximate surface area is 342 Å². The Balaban J connectivity index is 1.06. The molecule has 14 aromatic rings. The zero-order valence-corrected chi connectivity index (χ0v) is 32.1. The molecule has 60 heavy (non-hydrogen) atoms. The molecule has 0 fully saturated rings. The van der Waals surface area contributed by atoms with Crippen LogP contribution < -0.4 is 0 Å². The van der Waals surface area contributed by atoms with Crippen LogP contribution in [-0.4, -0.2) is 14.5 Å². The van der Waals surface area contributed by atoms with Gasteiger partial charge in [-0.15, -0.1) is 0 Å². The van der Waals surface area contributed by atoms with E-state index in [4.69, 9.17) is 14.4 Å². The van der Waals surface area contributed by atoms with Gasteiger partial charge >= 0.3 is 0 Å². The molecule has 276 valence electrons. The molecule has 0 amide bonds. The second-order valence-corrected chi connectivity index (χ2v) is 16.1. The van der Waals surface area contributed by atoms with Gasteiger partial charge in [-0.2, -0.15) is 0 Å². The van der Waals surface area contributed by atoms with E-state index in [0.29, 0.717) is 5.95 Å². The van der Waals surface area contributed by atoms with E-state index in [2.05, 4.69) is 187 Å². The predicted octanol–water partition coefficient (Wildman–Crippen LogP) is 15.2. The van der Waals surface area contributed by atoms with Crippen molar-refractivity contribution in [3.05, 3.63) is 188 Å². The van der Waals surface area contributed by atoms with Gasteiger partial charge in [0.05, 0.1) is 22.2 Å². The van der Waals surface area contributed by atoms with Crippen LogP contribution in [0.4, 0.5) is 0 Å². The zero-order chi connectivity index (χ0) is 39.1. The van der Waals surface area contributed by atoms with Gasteiger partial charge in [0.25, 0.3) is 0 Å². The van der Waals surface area contributed by atoms with Gasteiger partial charge in [-0.05, 0) is 101 Å². The lowest BCUT2D eigenvalue weighted by molar-refractivity contribution is 0.669. The van der Waals surface area contributed by atoms with Crippen molar-refractivity contribution in [2.75, 3.05) is 0 Å². The quantitative estimate of drug-likeness (QED) is 0.133. The third-order valence-electron chi connectivity index (χ3n) is 12.9. The van der Waals surface area contributed by atoms with Crippen molar-refractivity contribution in [2.45, 2.75) is 0 Å². The van der Waals surface area contributed by atoms with Gasteiger partial charge in [-0.25, -0.2) is 9.97 Å². The van der Waals surface area contributed by atoms with Crippen LogP contribution in [-0.2, 0) is 0 Å². The number of furan rings is 1. The van der Waals surface area contributed by atoms with Crippen LogP contribution in [0.15, 0.2) is 192 Å². The summed E-state index contributed by atoms with van der Waals surface area (Å²) in [7, 11) is 0. The Hall–Kier alpha value is -8.08. The van der Waals surface area contributed by atoms with Gasteiger partial charge < -0.3 is 4.42 Å². The number of fused-ring (bicyclic) bond motifs is 12. The van der Waals surface area contributed by atoms with E-state index in [-0.39, 0.29) is 0 Å². The number of nitrogens with zero attached hydrogens (tertiary/aromatic N) is 3. The number of benzene rings is 11. The minimum Gasteiger partial charge on any atom is -0.456 e. The van der Waals surface area contributed by atoms with Gasteiger partial charge in [0.1, 0.15) is 11.2 Å². The second kappa shape index (κ2) is 11.8. The summed E-state index contributed by atoms with van der Waals surface area (Å²) in [6, 6.07) is 67.6. The molecule has 0 unspecified atom stereocenters. The predicted molar refractivity (Wildman–Crippen MR) is 251 cm³/mol. The van der Waals surface area contributed by atoms with Gasteiger partial charge in [-0.3, -0.25) is 4.57 Å². The Bertz CT molecular complexity index is 4120. The van der Waals surface area contributed by atoms with Crippen molar-refractivity contribution in [3.63, 3.8) is 0 Å². The van der Waals surface area contributed by atoms with E-state index in [1.807, 2.05) is 6.07 Å². The molecule has 3 heterocycles. The highest BCUT2D eigenvalue weighted by Gasteiger charge is 2.23. The van der Waals surface area contributed by atoms with Crippen LogP contribution in [0.1, 0.15) is 0 Å². The van der Waals surface area contributed by atoms with E-state index in [9.17, 15) is 0 Å². The molecule has 11 aromatic carbocycles. The summed E-state index contributed by atoms with van der Waals surface area (Å²) in [4.78, 5) is 10.8. The first-order valence-electron chi connectivity index (χ1n) is 20.5. The molecular formula is C56H31N3O. The van der Waals surface area contributed by atoms with Crippen molar-refractivity contribution in [3.8, 4) is 28.3 Å². The van der Waals surface area contributed by atoms with Crippen molar-refractivity contribution < 1.29 is 4.42 Å². The highest BCUT2D eigenvalue weighted by molar-refractivity contribution is 6.41. The van der Waals surface area contributed by atoms with Crippen molar-refractivity contribution in [1.82, 2.24) is 14.5 Å². The molecule has 0 N–H and O–H groups in total. The molecule has 0 aliphatic heterocycles. The summed E-state index contributed by atoms with van der Waals surface area (Å²) in [6.45, 7) is 0. The lowest BCUT2D eigenvalue weighted by atomic mass is 9.87. The van der Waals surface area contributed by atoms with Gasteiger partial charge in [-0.1, -0.05) is 152 Å². The van der Waals surface area contributed by atoms with E-state index in [1.165, 1.54) is 81.1 Å². The molecular weight excluding hydrogens is 731 g/mol. The summed E-state index contributed by atoms with van der Waals surface area (Å²) >= 11 is 0. The van der Waals surface area contributed by atoms with Crippen molar-refractivity contribution in [2.24, 2.45) is 0 Å². The third-order valence-corrected chi connectivity index (χ3v) is 12.9. The second-order valence-electron chi connectivity index (χ2n) is 16.1. The fraction of sp³-hybridized carbons (Fsp3) is 0. The fourth-order valence-electron chi connectivity index (χ4n) is 10.3. The molecule has 0 aliphatic carbocycles. The largest absolute Gasteiger partial charge is 0.456 e. The number of rotatable bonds is 3. The summed E-state index contributed by atoms with van der Waals surface area (Å²) in [6.07, 6.45) is 0. The third kappa shape index (κ3) is 4.29. The molecule has 0 atom stereocenters. The molecule has 14 rings (SSSR count). The molecule has 3 aromatic heterocycles. The number of para-hydroxylation sites is 3. The first-order valence-corrected chi connectivity index (χ1v) is 20.5. The van der Waals surface area contributed by atoms with E-state index < -0.39 is 0 Å². The van der Waals surface area contributed by atoms with E-state index in [0.717, 1.165) is 49.7 Å². The number of aromatic nitrogens is 3. The standard InChI is InChI=1S/C56H31N3O/c1-2-12-35-29-36(28-25-32(35)11-1)33-23-26-34(27-24-33)55-39-13-3-6-20-46(39)57-56(58-55)59-47-21-7-4-14-40(47)53-42-18-9-16-37-38-17-10-19-43-52(38)45(44(51(37)42)30-48(53)59)31-50-54(43)41-15-5-8-22-49(41)60-50/h1-31H. The van der Waals surface area contributed by atoms with Gasteiger partial charge in [0, 0.05) is 32.5 Å². The first-order chi connectivity index (χ1) is 29.7. The lowest BCUT2D eigenvalue weighted by Gasteiger charge is -2.16. The minimum absolute atomic E-state index is 0.644. The average Bonchev–Trinajstić information content (AvgIpc) is 3.86. The molecule has 0 aliphatic rings.